The van der Waals surface area contributed by atoms with Crippen LogP contribution in [0.15, 0.2) is 42.5 Å². The van der Waals surface area contributed by atoms with Crippen molar-refractivity contribution < 1.29 is 9.84 Å². The lowest BCUT2D eigenvalue weighted by Crippen LogP contribution is -2.31. The number of aliphatic hydroxyl groups is 1. The van der Waals surface area contributed by atoms with E-state index in [1.54, 1.807) is 7.11 Å². The van der Waals surface area contributed by atoms with Crippen molar-refractivity contribution >= 4 is 10.8 Å². The van der Waals surface area contributed by atoms with Crippen LogP contribution in [0, 0.1) is 5.92 Å². The molecule has 0 saturated heterocycles. The number of aliphatic hydroxyl groups excluding tert-OH is 1. The molecule has 2 nitrogen and oxygen atoms in total. The van der Waals surface area contributed by atoms with Gasteiger partial charge in [-0.2, -0.15) is 0 Å². The molecule has 0 radical (unpaired) electrons. The Bertz CT molecular complexity index is 587. The van der Waals surface area contributed by atoms with Gasteiger partial charge in [0.2, 0.25) is 0 Å². The number of benzene rings is 2. The maximum atomic E-state index is 10.8. The first kappa shape index (κ1) is 14.6. The maximum Gasteiger partial charge on any atom is 0.105 e. The van der Waals surface area contributed by atoms with Crippen molar-refractivity contribution in [1.29, 1.82) is 0 Å². The first-order valence-electron chi connectivity index (χ1n) is 7.99. The summed E-state index contributed by atoms with van der Waals surface area (Å²) in [6.07, 6.45) is 5.55. The van der Waals surface area contributed by atoms with E-state index in [4.69, 9.17) is 4.74 Å². The van der Waals surface area contributed by atoms with Crippen molar-refractivity contribution in [2.75, 3.05) is 7.11 Å². The molecule has 1 aliphatic rings. The molecule has 2 unspecified atom stereocenters. The topological polar surface area (TPSA) is 29.5 Å². The van der Waals surface area contributed by atoms with Gasteiger partial charge in [0.05, 0.1) is 6.10 Å². The highest BCUT2D eigenvalue weighted by atomic mass is 16.5. The number of rotatable bonds is 4. The summed E-state index contributed by atoms with van der Waals surface area (Å²) in [5, 5.41) is 13.1. The molecule has 1 saturated carbocycles. The van der Waals surface area contributed by atoms with E-state index in [9.17, 15) is 5.11 Å². The standard InChI is InChI=1S/C19H24O2/c1-21-19(15-8-3-2-4-9-15)18(20)17-12-11-14-7-5-6-10-16(14)13-17/h5-7,10-13,15,18-20H,2-4,8-9H2,1H3. The van der Waals surface area contributed by atoms with Gasteiger partial charge in [0.15, 0.2) is 0 Å². The highest BCUT2D eigenvalue weighted by Crippen LogP contribution is 2.34. The summed E-state index contributed by atoms with van der Waals surface area (Å²) in [6.45, 7) is 0. The van der Waals surface area contributed by atoms with Crippen LogP contribution in [0.2, 0.25) is 0 Å². The molecule has 0 amide bonds. The fourth-order valence-electron chi connectivity index (χ4n) is 3.62. The van der Waals surface area contributed by atoms with Crippen molar-refractivity contribution in [2.24, 2.45) is 5.92 Å². The number of ether oxygens (including phenoxy) is 1. The lowest BCUT2D eigenvalue weighted by Gasteiger charge is -2.32. The summed E-state index contributed by atoms with van der Waals surface area (Å²) < 4.78 is 5.67. The van der Waals surface area contributed by atoms with Crippen molar-refractivity contribution in [3.05, 3.63) is 48.0 Å². The minimum atomic E-state index is -0.539. The number of methoxy groups -OCH3 is 1. The van der Waals surface area contributed by atoms with Crippen molar-refractivity contribution in [1.82, 2.24) is 0 Å². The van der Waals surface area contributed by atoms with E-state index in [2.05, 4.69) is 24.3 Å². The number of hydrogen-bond acceptors (Lipinski definition) is 2. The lowest BCUT2D eigenvalue weighted by atomic mass is 9.81. The average molecular weight is 284 g/mol. The van der Waals surface area contributed by atoms with Gasteiger partial charge < -0.3 is 9.84 Å². The Morgan fingerprint density at radius 1 is 1.00 bits per heavy atom. The zero-order valence-corrected chi connectivity index (χ0v) is 12.7. The van der Waals surface area contributed by atoms with E-state index in [0.717, 1.165) is 5.56 Å². The van der Waals surface area contributed by atoms with Gasteiger partial charge in [0.1, 0.15) is 6.10 Å². The van der Waals surface area contributed by atoms with Gasteiger partial charge in [-0.3, -0.25) is 0 Å². The second-order valence-corrected chi connectivity index (χ2v) is 6.15. The van der Waals surface area contributed by atoms with Gasteiger partial charge in [-0.05, 0) is 41.2 Å². The molecule has 21 heavy (non-hydrogen) atoms. The predicted octanol–water partition coefficient (Wildman–Crippen LogP) is 4.47. The fourth-order valence-corrected chi connectivity index (χ4v) is 3.62. The molecule has 0 bridgehead atoms. The summed E-state index contributed by atoms with van der Waals surface area (Å²) >= 11 is 0. The lowest BCUT2D eigenvalue weighted by molar-refractivity contribution is -0.0558. The van der Waals surface area contributed by atoms with E-state index in [1.165, 1.54) is 42.9 Å². The van der Waals surface area contributed by atoms with E-state index >= 15 is 0 Å². The molecular formula is C19H24O2. The Labute approximate surface area is 126 Å². The van der Waals surface area contributed by atoms with Gasteiger partial charge in [0, 0.05) is 7.11 Å². The van der Waals surface area contributed by atoms with Crippen LogP contribution in [0.1, 0.15) is 43.8 Å². The predicted molar refractivity (Wildman–Crippen MR) is 86.3 cm³/mol. The van der Waals surface area contributed by atoms with Crippen LogP contribution in [0.4, 0.5) is 0 Å². The zero-order chi connectivity index (χ0) is 14.7. The van der Waals surface area contributed by atoms with Gasteiger partial charge in [-0.15, -0.1) is 0 Å². The molecule has 0 aromatic heterocycles. The monoisotopic (exact) mass is 284 g/mol. The van der Waals surface area contributed by atoms with Crippen LogP contribution >= 0.6 is 0 Å². The molecule has 1 aliphatic carbocycles. The van der Waals surface area contributed by atoms with Crippen LogP contribution in [-0.2, 0) is 4.74 Å². The molecule has 3 rings (SSSR count). The first-order valence-corrected chi connectivity index (χ1v) is 7.99. The summed E-state index contributed by atoms with van der Waals surface area (Å²) in [7, 11) is 1.73. The molecule has 0 spiro atoms. The zero-order valence-electron chi connectivity index (χ0n) is 12.7. The van der Waals surface area contributed by atoms with E-state index in [1.807, 2.05) is 18.2 Å². The van der Waals surface area contributed by atoms with Crippen molar-refractivity contribution in [2.45, 2.75) is 44.3 Å². The second-order valence-electron chi connectivity index (χ2n) is 6.15. The molecule has 2 atom stereocenters. The number of hydrogen-bond donors (Lipinski definition) is 1. The van der Waals surface area contributed by atoms with Crippen molar-refractivity contribution in [3.8, 4) is 0 Å². The molecule has 2 aromatic carbocycles. The molecule has 112 valence electrons. The Kier molecular flexibility index (Phi) is 4.57. The van der Waals surface area contributed by atoms with Crippen LogP contribution in [0.3, 0.4) is 0 Å². The fraction of sp³-hybridized carbons (Fsp3) is 0.474. The van der Waals surface area contributed by atoms with Crippen LogP contribution in [0.25, 0.3) is 10.8 Å². The second kappa shape index (κ2) is 6.59. The third-order valence-electron chi connectivity index (χ3n) is 4.81. The number of fused-ring (bicyclic) bond motifs is 1. The molecule has 1 N–H and O–H groups in total. The van der Waals surface area contributed by atoms with E-state index < -0.39 is 6.10 Å². The normalized spacial score (nSPS) is 19.5. The van der Waals surface area contributed by atoms with Gasteiger partial charge >= 0.3 is 0 Å². The minimum Gasteiger partial charge on any atom is -0.386 e. The van der Waals surface area contributed by atoms with Gasteiger partial charge in [-0.25, -0.2) is 0 Å². The third kappa shape index (κ3) is 3.12. The molecule has 0 heterocycles. The molecular weight excluding hydrogens is 260 g/mol. The summed E-state index contributed by atoms with van der Waals surface area (Å²) in [4.78, 5) is 0. The summed E-state index contributed by atoms with van der Waals surface area (Å²) in [5.74, 6) is 0.477. The quantitative estimate of drug-likeness (QED) is 0.897. The first-order chi connectivity index (χ1) is 10.3. The molecule has 2 aromatic rings. The molecule has 0 aliphatic heterocycles. The van der Waals surface area contributed by atoms with Crippen LogP contribution in [0.5, 0.6) is 0 Å². The van der Waals surface area contributed by atoms with Gasteiger partial charge in [-0.1, -0.05) is 55.7 Å². The summed E-state index contributed by atoms with van der Waals surface area (Å²) in [5.41, 5.74) is 0.964. The highest BCUT2D eigenvalue weighted by Gasteiger charge is 2.30. The van der Waals surface area contributed by atoms with E-state index in [-0.39, 0.29) is 6.10 Å². The Morgan fingerprint density at radius 3 is 2.43 bits per heavy atom. The van der Waals surface area contributed by atoms with Crippen LogP contribution in [-0.4, -0.2) is 18.3 Å². The minimum absolute atomic E-state index is 0.0912. The maximum absolute atomic E-state index is 10.8. The van der Waals surface area contributed by atoms with Crippen molar-refractivity contribution in [3.63, 3.8) is 0 Å². The molecule has 1 fully saturated rings. The summed E-state index contributed by atoms with van der Waals surface area (Å²) in [6, 6.07) is 14.5. The SMILES string of the molecule is COC(C1CCCCC1)C(O)c1ccc2ccccc2c1. The Hall–Kier alpha value is -1.38. The van der Waals surface area contributed by atoms with E-state index in [0.29, 0.717) is 5.92 Å². The Balaban J connectivity index is 1.84. The smallest absolute Gasteiger partial charge is 0.105 e. The average Bonchev–Trinajstić information content (AvgIpc) is 2.56. The van der Waals surface area contributed by atoms with Crippen LogP contribution < -0.4 is 0 Å². The Morgan fingerprint density at radius 2 is 1.71 bits per heavy atom. The largest absolute Gasteiger partial charge is 0.386 e. The highest BCUT2D eigenvalue weighted by molar-refractivity contribution is 5.83. The molecule has 2 heteroatoms. The van der Waals surface area contributed by atoms with Gasteiger partial charge in [0.25, 0.3) is 0 Å². The third-order valence-corrected chi connectivity index (χ3v) is 4.81.